The number of carbonyl (C=O) groups excluding carboxylic acids is 1. The van der Waals surface area contributed by atoms with Crippen molar-refractivity contribution in [2.75, 3.05) is 10.6 Å². The Bertz CT molecular complexity index is 911. The molecule has 3 aromatic carbocycles. The summed E-state index contributed by atoms with van der Waals surface area (Å²) in [5.41, 5.74) is 1.44. The van der Waals surface area contributed by atoms with Crippen molar-refractivity contribution in [1.29, 1.82) is 0 Å². The summed E-state index contributed by atoms with van der Waals surface area (Å²) >= 11 is 0. The summed E-state index contributed by atoms with van der Waals surface area (Å²) in [5, 5.41) is 5.50. The van der Waals surface area contributed by atoms with E-state index < -0.39 is 23.4 Å². The molecule has 0 aromatic heterocycles. The van der Waals surface area contributed by atoms with E-state index in [1.54, 1.807) is 30.3 Å². The number of carbonyl (C=O) groups is 1. The summed E-state index contributed by atoms with van der Waals surface area (Å²) < 4.78 is 39.7. The Morgan fingerprint density at radius 2 is 1.32 bits per heavy atom. The van der Waals surface area contributed by atoms with Crippen LogP contribution in [0.4, 0.5) is 30.2 Å². The van der Waals surface area contributed by atoms with Gasteiger partial charge in [-0.3, -0.25) is 4.79 Å². The molecule has 3 nitrogen and oxygen atoms in total. The van der Waals surface area contributed by atoms with Crippen LogP contribution in [0, 0.1) is 17.5 Å². The molecule has 0 aliphatic carbocycles. The van der Waals surface area contributed by atoms with E-state index in [0.717, 1.165) is 12.1 Å². The summed E-state index contributed by atoms with van der Waals surface area (Å²) in [6.45, 7) is 0. The predicted octanol–water partition coefficient (Wildman–Crippen LogP) is 5.10. The molecule has 0 aliphatic rings. The van der Waals surface area contributed by atoms with E-state index in [1.807, 2.05) is 0 Å². The molecule has 0 heterocycles. The molecule has 1 amide bonds. The topological polar surface area (TPSA) is 41.1 Å². The van der Waals surface area contributed by atoms with Gasteiger partial charge in [-0.2, -0.15) is 0 Å². The number of nitrogens with one attached hydrogen (secondary N) is 2. The van der Waals surface area contributed by atoms with Crippen LogP contribution in [-0.2, 0) is 0 Å². The van der Waals surface area contributed by atoms with Crippen LogP contribution in [0.1, 0.15) is 10.4 Å². The molecule has 0 unspecified atom stereocenters. The minimum absolute atomic E-state index is 0.0495. The van der Waals surface area contributed by atoms with Gasteiger partial charge in [0.25, 0.3) is 5.91 Å². The first-order chi connectivity index (χ1) is 12.0. The summed E-state index contributed by atoms with van der Waals surface area (Å²) in [4.78, 5) is 12.0. The van der Waals surface area contributed by atoms with Crippen LogP contribution in [0.15, 0.2) is 66.7 Å². The second-order valence-corrected chi connectivity index (χ2v) is 5.27. The van der Waals surface area contributed by atoms with Crippen molar-refractivity contribution in [3.63, 3.8) is 0 Å². The van der Waals surface area contributed by atoms with Crippen molar-refractivity contribution in [3.8, 4) is 0 Å². The van der Waals surface area contributed by atoms with E-state index in [-0.39, 0.29) is 5.56 Å². The van der Waals surface area contributed by atoms with Gasteiger partial charge in [0.15, 0.2) is 11.6 Å². The normalized spacial score (nSPS) is 10.4. The lowest BCUT2D eigenvalue weighted by atomic mass is 10.2. The number of rotatable bonds is 4. The van der Waals surface area contributed by atoms with Crippen LogP contribution in [-0.4, -0.2) is 5.91 Å². The highest BCUT2D eigenvalue weighted by Crippen LogP contribution is 2.21. The fourth-order valence-corrected chi connectivity index (χ4v) is 2.22. The van der Waals surface area contributed by atoms with Crippen molar-refractivity contribution in [1.82, 2.24) is 0 Å². The van der Waals surface area contributed by atoms with Crippen LogP contribution < -0.4 is 10.6 Å². The first-order valence-electron chi connectivity index (χ1n) is 7.41. The van der Waals surface area contributed by atoms with Gasteiger partial charge in [-0.15, -0.1) is 0 Å². The lowest BCUT2D eigenvalue weighted by Crippen LogP contribution is -2.13. The Labute approximate surface area is 142 Å². The maximum absolute atomic E-state index is 13.6. The monoisotopic (exact) mass is 342 g/mol. The molecule has 0 atom stereocenters. The van der Waals surface area contributed by atoms with Crippen molar-refractivity contribution in [2.45, 2.75) is 0 Å². The van der Waals surface area contributed by atoms with Crippen molar-refractivity contribution in [2.24, 2.45) is 0 Å². The van der Waals surface area contributed by atoms with Crippen LogP contribution >= 0.6 is 0 Å². The fourth-order valence-electron chi connectivity index (χ4n) is 2.22. The first-order valence-corrected chi connectivity index (χ1v) is 7.41. The summed E-state index contributed by atoms with van der Waals surface area (Å²) in [6, 6.07) is 15.7. The van der Waals surface area contributed by atoms with Gasteiger partial charge < -0.3 is 10.6 Å². The SMILES string of the molecule is O=C(Nc1ccc(Nc2ccc(F)c(F)c2)cc1)c1ccccc1F. The molecule has 126 valence electrons. The van der Waals surface area contributed by atoms with Crippen LogP contribution in [0.5, 0.6) is 0 Å². The van der Waals surface area contributed by atoms with Gasteiger partial charge in [0, 0.05) is 23.1 Å². The molecule has 6 heteroatoms. The van der Waals surface area contributed by atoms with E-state index in [0.29, 0.717) is 17.1 Å². The second kappa shape index (κ2) is 7.09. The van der Waals surface area contributed by atoms with Crippen LogP contribution in [0.25, 0.3) is 0 Å². The van der Waals surface area contributed by atoms with E-state index in [9.17, 15) is 18.0 Å². The maximum atomic E-state index is 13.6. The quantitative estimate of drug-likeness (QED) is 0.692. The molecule has 3 rings (SSSR count). The van der Waals surface area contributed by atoms with Gasteiger partial charge >= 0.3 is 0 Å². The zero-order valence-electron chi connectivity index (χ0n) is 12.9. The molecule has 3 aromatic rings. The minimum Gasteiger partial charge on any atom is -0.355 e. The second-order valence-electron chi connectivity index (χ2n) is 5.27. The van der Waals surface area contributed by atoms with Gasteiger partial charge in [-0.05, 0) is 48.5 Å². The zero-order chi connectivity index (χ0) is 17.8. The smallest absolute Gasteiger partial charge is 0.258 e. The largest absolute Gasteiger partial charge is 0.355 e. The Morgan fingerprint density at radius 3 is 2.00 bits per heavy atom. The molecule has 0 spiro atoms. The highest BCUT2D eigenvalue weighted by Gasteiger charge is 2.10. The van der Waals surface area contributed by atoms with E-state index in [2.05, 4.69) is 10.6 Å². The Morgan fingerprint density at radius 1 is 0.680 bits per heavy atom. The zero-order valence-corrected chi connectivity index (χ0v) is 12.9. The molecular formula is C19H13F3N2O. The lowest BCUT2D eigenvalue weighted by Gasteiger charge is -2.09. The van der Waals surface area contributed by atoms with Gasteiger partial charge in [-0.1, -0.05) is 12.1 Å². The van der Waals surface area contributed by atoms with E-state index >= 15 is 0 Å². The number of hydrogen-bond donors (Lipinski definition) is 2. The maximum Gasteiger partial charge on any atom is 0.258 e. The summed E-state index contributed by atoms with van der Waals surface area (Å²) in [6.07, 6.45) is 0. The number of amides is 1. The molecule has 2 N–H and O–H groups in total. The predicted molar refractivity (Wildman–Crippen MR) is 90.4 cm³/mol. The standard InChI is InChI=1S/C19H13F3N2O/c20-16-4-2-1-3-15(16)19(25)24-13-7-5-12(6-8-13)23-14-9-10-17(21)18(22)11-14/h1-11,23H,(H,24,25). The third kappa shape index (κ3) is 3.98. The number of halogens is 3. The highest BCUT2D eigenvalue weighted by atomic mass is 19.2. The lowest BCUT2D eigenvalue weighted by molar-refractivity contribution is 0.102. The van der Waals surface area contributed by atoms with Gasteiger partial charge in [0.1, 0.15) is 5.82 Å². The molecule has 0 saturated carbocycles. The summed E-state index contributed by atoms with van der Waals surface area (Å²) in [5.74, 6) is -3.02. The third-order valence-corrected chi connectivity index (χ3v) is 3.47. The van der Waals surface area contributed by atoms with Crippen molar-refractivity contribution in [3.05, 3.63) is 89.7 Å². The van der Waals surface area contributed by atoms with Gasteiger partial charge in [0.05, 0.1) is 5.56 Å². The van der Waals surface area contributed by atoms with Crippen LogP contribution in [0.3, 0.4) is 0 Å². The Kier molecular flexibility index (Phi) is 4.70. The first kappa shape index (κ1) is 16.6. The number of benzene rings is 3. The minimum atomic E-state index is -0.946. The molecule has 0 aliphatic heterocycles. The van der Waals surface area contributed by atoms with E-state index in [1.165, 1.54) is 24.3 Å². The number of anilines is 3. The molecule has 0 bridgehead atoms. The molecule has 25 heavy (non-hydrogen) atoms. The molecule has 0 fully saturated rings. The van der Waals surface area contributed by atoms with E-state index in [4.69, 9.17) is 0 Å². The molecule has 0 radical (unpaired) electrons. The van der Waals surface area contributed by atoms with Crippen molar-refractivity contribution < 1.29 is 18.0 Å². The van der Waals surface area contributed by atoms with Gasteiger partial charge in [0.2, 0.25) is 0 Å². The average molecular weight is 342 g/mol. The molecular weight excluding hydrogens is 329 g/mol. The Balaban J connectivity index is 1.69. The van der Waals surface area contributed by atoms with Gasteiger partial charge in [-0.25, -0.2) is 13.2 Å². The molecule has 0 saturated heterocycles. The fraction of sp³-hybridized carbons (Fsp3) is 0. The number of hydrogen-bond acceptors (Lipinski definition) is 2. The van der Waals surface area contributed by atoms with Crippen molar-refractivity contribution >= 4 is 23.0 Å². The third-order valence-electron chi connectivity index (χ3n) is 3.47. The highest BCUT2D eigenvalue weighted by molar-refractivity contribution is 6.04. The average Bonchev–Trinajstić information content (AvgIpc) is 2.60. The Hall–Kier alpha value is -3.28. The van der Waals surface area contributed by atoms with Crippen LogP contribution in [0.2, 0.25) is 0 Å². The summed E-state index contributed by atoms with van der Waals surface area (Å²) in [7, 11) is 0.